The van der Waals surface area contributed by atoms with Gasteiger partial charge in [-0.05, 0) is 26.2 Å². The summed E-state index contributed by atoms with van der Waals surface area (Å²) in [6, 6.07) is 0. The highest BCUT2D eigenvalue weighted by Crippen LogP contribution is 2.39. The molecule has 19 heavy (non-hydrogen) atoms. The molecule has 0 saturated heterocycles. The van der Waals surface area contributed by atoms with Crippen LogP contribution in [0.3, 0.4) is 0 Å². The van der Waals surface area contributed by atoms with Gasteiger partial charge < -0.3 is 9.67 Å². The van der Waals surface area contributed by atoms with Gasteiger partial charge in [-0.25, -0.2) is 0 Å². The van der Waals surface area contributed by atoms with Crippen LogP contribution in [0, 0.1) is 12.3 Å². The molecule has 1 fully saturated rings. The van der Waals surface area contributed by atoms with Gasteiger partial charge in [0.15, 0.2) is 0 Å². The van der Waals surface area contributed by atoms with Crippen molar-refractivity contribution < 1.29 is 9.90 Å². The summed E-state index contributed by atoms with van der Waals surface area (Å²) >= 11 is 0. The second-order valence-corrected chi connectivity index (χ2v) is 5.64. The second-order valence-electron chi connectivity index (χ2n) is 5.64. The van der Waals surface area contributed by atoms with Gasteiger partial charge in [-0.15, -0.1) is 10.2 Å². The van der Waals surface area contributed by atoms with Crippen molar-refractivity contribution in [2.45, 2.75) is 65.3 Å². The van der Waals surface area contributed by atoms with E-state index in [2.05, 4.69) is 21.7 Å². The van der Waals surface area contributed by atoms with Crippen molar-refractivity contribution >= 4 is 5.97 Å². The van der Waals surface area contributed by atoms with Gasteiger partial charge in [-0.2, -0.15) is 0 Å². The standard InChI is InChI=1S/C14H23N3O2/c1-3-9-17-11(2)15-16-12(17)10-14(13(18)19)7-5-4-6-8-14/h3-10H2,1-2H3,(H,18,19). The molecule has 1 saturated carbocycles. The summed E-state index contributed by atoms with van der Waals surface area (Å²) < 4.78 is 2.07. The minimum atomic E-state index is -0.670. The van der Waals surface area contributed by atoms with Crippen molar-refractivity contribution in [3.8, 4) is 0 Å². The number of aryl methyl sites for hydroxylation is 1. The largest absolute Gasteiger partial charge is 0.481 e. The normalized spacial score (nSPS) is 18.4. The molecule has 1 aromatic heterocycles. The highest BCUT2D eigenvalue weighted by molar-refractivity contribution is 5.75. The lowest BCUT2D eigenvalue weighted by Gasteiger charge is -2.32. The van der Waals surface area contributed by atoms with Crippen LogP contribution in [0.5, 0.6) is 0 Å². The molecule has 1 aromatic rings. The maximum atomic E-state index is 11.7. The van der Waals surface area contributed by atoms with E-state index in [0.717, 1.165) is 56.7 Å². The average molecular weight is 265 g/mol. The minimum Gasteiger partial charge on any atom is -0.481 e. The van der Waals surface area contributed by atoms with E-state index in [9.17, 15) is 9.90 Å². The molecule has 2 rings (SSSR count). The van der Waals surface area contributed by atoms with Crippen LogP contribution in [-0.2, 0) is 17.8 Å². The van der Waals surface area contributed by atoms with Crippen LogP contribution in [0.2, 0.25) is 0 Å². The maximum absolute atomic E-state index is 11.7. The Hall–Kier alpha value is -1.39. The number of nitrogens with zero attached hydrogens (tertiary/aromatic N) is 3. The van der Waals surface area contributed by atoms with E-state index in [1.54, 1.807) is 0 Å². The van der Waals surface area contributed by atoms with Gasteiger partial charge >= 0.3 is 5.97 Å². The number of aliphatic carboxylic acids is 1. The van der Waals surface area contributed by atoms with Crippen molar-refractivity contribution in [1.82, 2.24) is 14.8 Å². The highest BCUT2D eigenvalue weighted by atomic mass is 16.4. The van der Waals surface area contributed by atoms with Gasteiger partial charge in [0.05, 0.1) is 5.41 Å². The zero-order chi connectivity index (χ0) is 13.9. The lowest BCUT2D eigenvalue weighted by atomic mass is 9.71. The fourth-order valence-electron chi connectivity index (χ4n) is 3.07. The van der Waals surface area contributed by atoms with E-state index in [-0.39, 0.29) is 0 Å². The fraction of sp³-hybridized carbons (Fsp3) is 0.786. The third-order valence-corrected chi connectivity index (χ3v) is 4.22. The second kappa shape index (κ2) is 5.72. The van der Waals surface area contributed by atoms with E-state index < -0.39 is 11.4 Å². The Bertz CT molecular complexity index is 448. The van der Waals surface area contributed by atoms with Crippen molar-refractivity contribution in [2.24, 2.45) is 5.41 Å². The molecule has 1 N–H and O–H groups in total. The quantitative estimate of drug-likeness (QED) is 0.888. The van der Waals surface area contributed by atoms with E-state index in [1.807, 2.05) is 6.92 Å². The molecule has 5 nitrogen and oxygen atoms in total. The Balaban J connectivity index is 2.24. The molecule has 0 aliphatic heterocycles. The van der Waals surface area contributed by atoms with Crippen molar-refractivity contribution in [2.75, 3.05) is 0 Å². The molecule has 0 aromatic carbocycles. The van der Waals surface area contributed by atoms with Gasteiger partial charge in [0.1, 0.15) is 11.6 Å². The molecule has 0 spiro atoms. The Morgan fingerprint density at radius 3 is 2.58 bits per heavy atom. The summed E-state index contributed by atoms with van der Waals surface area (Å²) in [5, 5.41) is 17.9. The first kappa shape index (κ1) is 14.0. The summed E-state index contributed by atoms with van der Waals surface area (Å²) in [4.78, 5) is 11.7. The number of hydrogen-bond donors (Lipinski definition) is 1. The van der Waals surface area contributed by atoms with Crippen LogP contribution in [0.1, 0.15) is 57.1 Å². The first-order valence-electron chi connectivity index (χ1n) is 7.21. The number of rotatable bonds is 5. The first-order valence-corrected chi connectivity index (χ1v) is 7.21. The smallest absolute Gasteiger partial charge is 0.310 e. The molecule has 5 heteroatoms. The number of hydrogen-bond acceptors (Lipinski definition) is 3. The van der Waals surface area contributed by atoms with Crippen LogP contribution in [-0.4, -0.2) is 25.8 Å². The molecule has 1 heterocycles. The minimum absolute atomic E-state index is 0.517. The molecule has 0 unspecified atom stereocenters. The predicted molar refractivity (Wildman–Crippen MR) is 71.9 cm³/mol. The predicted octanol–water partition coefficient (Wildman–Crippen LogP) is 2.57. The van der Waals surface area contributed by atoms with E-state index in [0.29, 0.717) is 6.42 Å². The van der Waals surface area contributed by atoms with Crippen molar-refractivity contribution in [3.05, 3.63) is 11.6 Å². The molecule has 106 valence electrons. The molecule has 0 bridgehead atoms. The molecular formula is C14H23N3O2. The van der Waals surface area contributed by atoms with Crippen LogP contribution in [0.4, 0.5) is 0 Å². The number of carbonyl (C=O) groups is 1. The van der Waals surface area contributed by atoms with Crippen molar-refractivity contribution in [1.29, 1.82) is 0 Å². The van der Waals surface area contributed by atoms with Gasteiger partial charge in [-0.1, -0.05) is 26.2 Å². The summed E-state index contributed by atoms with van der Waals surface area (Å²) in [6.45, 7) is 4.90. The summed E-state index contributed by atoms with van der Waals surface area (Å²) in [5.74, 6) is 1.05. The summed E-state index contributed by atoms with van der Waals surface area (Å²) in [7, 11) is 0. The number of carboxylic acid groups (broad SMARTS) is 1. The lowest BCUT2D eigenvalue weighted by Crippen LogP contribution is -2.36. The third-order valence-electron chi connectivity index (χ3n) is 4.22. The van der Waals surface area contributed by atoms with E-state index in [4.69, 9.17) is 0 Å². The molecule has 0 radical (unpaired) electrons. The third kappa shape index (κ3) is 2.80. The molecule has 1 aliphatic rings. The fourth-order valence-corrected chi connectivity index (χ4v) is 3.07. The van der Waals surface area contributed by atoms with E-state index >= 15 is 0 Å². The van der Waals surface area contributed by atoms with Gasteiger partial charge in [-0.3, -0.25) is 4.79 Å². The van der Waals surface area contributed by atoms with Crippen LogP contribution in [0.15, 0.2) is 0 Å². The topological polar surface area (TPSA) is 68.0 Å². The highest BCUT2D eigenvalue weighted by Gasteiger charge is 2.41. The summed E-state index contributed by atoms with van der Waals surface area (Å²) in [6.07, 6.45) is 6.21. The Kier molecular flexibility index (Phi) is 4.22. The zero-order valence-electron chi connectivity index (χ0n) is 11.9. The van der Waals surface area contributed by atoms with Gasteiger partial charge in [0, 0.05) is 13.0 Å². The molecular weight excluding hydrogens is 242 g/mol. The first-order chi connectivity index (χ1) is 9.09. The Morgan fingerprint density at radius 2 is 2.00 bits per heavy atom. The molecule has 0 amide bonds. The zero-order valence-corrected chi connectivity index (χ0v) is 11.9. The van der Waals surface area contributed by atoms with Crippen molar-refractivity contribution in [3.63, 3.8) is 0 Å². The molecule has 1 aliphatic carbocycles. The number of aromatic nitrogens is 3. The van der Waals surface area contributed by atoms with Crippen LogP contribution >= 0.6 is 0 Å². The SMILES string of the molecule is CCCn1c(C)nnc1CC1(C(=O)O)CCCCC1. The van der Waals surface area contributed by atoms with Gasteiger partial charge in [0.25, 0.3) is 0 Å². The monoisotopic (exact) mass is 265 g/mol. The molecule has 0 atom stereocenters. The van der Waals surface area contributed by atoms with Crippen LogP contribution in [0.25, 0.3) is 0 Å². The number of carboxylic acids is 1. The summed E-state index contributed by atoms with van der Waals surface area (Å²) in [5.41, 5.74) is -0.622. The van der Waals surface area contributed by atoms with E-state index in [1.165, 1.54) is 0 Å². The van der Waals surface area contributed by atoms with Crippen LogP contribution < -0.4 is 0 Å². The lowest BCUT2D eigenvalue weighted by molar-refractivity contribution is -0.151. The average Bonchev–Trinajstić information content (AvgIpc) is 2.73. The Morgan fingerprint density at radius 1 is 1.32 bits per heavy atom. The Labute approximate surface area is 114 Å². The van der Waals surface area contributed by atoms with Gasteiger partial charge in [0.2, 0.25) is 0 Å². The maximum Gasteiger partial charge on any atom is 0.310 e.